The quantitative estimate of drug-likeness (QED) is 0.0900. The van der Waals surface area contributed by atoms with Gasteiger partial charge >= 0.3 is 21.1 Å². The molecule has 14 aromatic rings. The van der Waals surface area contributed by atoms with Crippen molar-refractivity contribution in [2.75, 3.05) is 0 Å². The van der Waals surface area contributed by atoms with E-state index in [-0.39, 0.29) is 44.7 Å². The summed E-state index contributed by atoms with van der Waals surface area (Å²) >= 11 is 0. The van der Waals surface area contributed by atoms with Gasteiger partial charge in [0.15, 0.2) is 0 Å². The van der Waals surface area contributed by atoms with Crippen molar-refractivity contribution in [3.63, 3.8) is 0 Å². The van der Waals surface area contributed by atoms with Gasteiger partial charge in [-0.1, -0.05) is 176 Å². The molecule has 0 radical (unpaired) electrons. The van der Waals surface area contributed by atoms with Crippen LogP contribution in [0.2, 0.25) is 0 Å². The zero-order valence-electron chi connectivity index (χ0n) is 48.7. The van der Waals surface area contributed by atoms with Crippen LogP contribution in [-0.4, -0.2) is 24.1 Å². The SMILES string of the molecule is Cc1ccc2cc3cc4oc5c(-c6nc7ccccc7n6-c6c(C(C)C)cc(-c7ccccc7)cc6C(C)C)[c-]c(Oc6[c-]c(-c7nc8ccccc8n7-c7c(C(C)C)cc(-c8ccccc8)cc7C(C)C)ccc6)cc5c4cc3cc2n1.[Pt+2]. The molecule has 0 spiro atoms. The van der Waals surface area contributed by atoms with Gasteiger partial charge < -0.3 is 18.3 Å². The molecule has 0 fully saturated rings. The number of para-hydroxylation sites is 4. The van der Waals surface area contributed by atoms with E-state index in [1.54, 1.807) is 0 Å². The predicted molar refractivity (Wildman–Crippen MR) is 343 cm³/mol. The summed E-state index contributed by atoms with van der Waals surface area (Å²) in [5.74, 6) is 3.29. The summed E-state index contributed by atoms with van der Waals surface area (Å²) in [7, 11) is 0. The molecule has 0 atom stereocenters. The first-order valence-corrected chi connectivity index (χ1v) is 29.1. The normalized spacial score (nSPS) is 12.0. The third-order valence-corrected chi connectivity index (χ3v) is 16.4. The summed E-state index contributed by atoms with van der Waals surface area (Å²) in [6.45, 7) is 20.3. The van der Waals surface area contributed by atoms with E-state index in [1.807, 2.05) is 19.1 Å². The van der Waals surface area contributed by atoms with Crippen LogP contribution in [0.25, 0.3) is 122 Å². The summed E-state index contributed by atoms with van der Waals surface area (Å²) < 4.78 is 19.1. The third kappa shape index (κ3) is 9.49. The van der Waals surface area contributed by atoms with Crippen molar-refractivity contribution in [2.24, 2.45) is 0 Å². The number of pyridine rings is 1. The summed E-state index contributed by atoms with van der Waals surface area (Å²) in [5.41, 5.74) is 20.6. The van der Waals surface area contributed by atoms with Crippen molar-refractivity contribution in [3.8, 4) is 67.9 Å². The fourth-order valence-electron chi connectivity index (χ4n) is 12.3. The first-order chi connectivity index (χ1) is 40.3. The molecule has 0 amide bonds. The topological polar surface area (TPSA) is 70.9 Å². The Morgan fingerprint density at radius 3 is 1.51 bits per heavy atom. The van der Waals surface area contributed by atoms with Crippen LogP contribution in [0.4, 0.5) is 0 Å². The van der Waals surface area contributed by atoms with Crippen molar-refractivity contribution in [1.82, 2.24) is 24.1 Å². The molecule has 0 aliphatic rings. The number of aromatic nitrogens is 5. The van der Waals surface area contributed by atoms with Gasteiger partial charge in [0.25, 0.3) is 0 Å². The van der Waals surface area contributed by atoms with Crippen LogP contribution in [0.1, 0.15) is 107 Å². The molecular formula is C76H63N5O2Pt. The summed E-state index contributed by atoms with van der Waals surface area (Å²) in [6, 6.07) is 76.4. The molecule has 14 rings (SSSR count). The van der Waals surface area contributed by atoms with Crippen molar-refractivity contribution < 1.29 is 30.2 Å². The second kappa shape index (κ2) is 21.7. The van der Waals surface area contributed by atoms with Crippen LogP contribution in [0, 0.1) is 19.1 Å². The van der Waals surface area contributed by atoms with Gasteiger partial charge in [-0.25, -0.2) is 0 Å². The minimum atomic E-state index is 0. The van der Waals surface area contributed by atoms with Crippen LogP contribution in [0.3, 0.4) is 0 Å². The average Bonchev–Trinajstić information content (AvgIpc) is 1.80. The summed E-state index contributed by atoms with van der Waals surface area (Å²) in [6.07, 6.45) is 0. The van der Waals surface area contributed by atoms with E-state index in [9.17, 15) is 0 Å². The molecule has 10 aromatic carbocycles. The summed E-state index contributed by atoms with van der Waals surface area (Å²) in [5, 5.41) is 5.04. The third-order valence-electron chi connectivity index (χ3n) is 16.4. The molecule has 8 heteroatoms. The Balaban J connectivity index is 0.00000658. The first kappa shape index (κ1) is 54.4. The fourth-order valence-corrected chi connectivity index (χ4v) is 12.3. The zero-order chi connectivity index (χ0) is 56.8. The maximum atomic E-state index is 7.17. The minimum absolute atomic E-state index is 0. The number of fused-ring (bicyclic) bond motifs is 7. The number of imidazole rings is 2. The molecule has 0 saturated heterocycles. The van der Waals surface area contributed by atoms with Crippen molar-refractivity contribution in [1.29, 1.82) is 0 Å². The number of rotatable bonds is 12. The molecule has 0 aliphatic heterocycles. The van der Waals surface area contributed by atoms with Gasteiger partial charge in [-0.05, 0) is 165 Å². The standard InChI is InChI=1S/C76H63N5O2.Pt/c1-44(2)59-35-54(49-21-12-10-13-22-49)36-60(45(3)4)72(59)80-69-29-18-16-27-66(69)78-75(80)52-25-20-26-57(34-52)82-58-42-64-63-39-56-40-68-51(32-31-48(9)77-68)33-53(56)41-71(63)83-74(64)65(43-58)76-79-67-28-17-19-30-70(67)81(76)73-61(46(5)6)37-55(38-62(73)47(7)8)50-23-14-11-15-24-50;/h10-33,35-42,44-47H,1-9H3;/q-2;+2. The molecule has 0 aliphatic carbocycles. The molecule has 4 aromatic heterocycles. The largest absolute Gasteiger partial charge is 2.00 e. The predicted octanol–water partition coefficient (Wildman–Crippen LogP) is 20.8. The molecule has 0 N–H and O–H groups in total. The second-order valence-corrected chi connectivity index (χ2v) is 23.5. The Kier molecular flexibility index (Phi) is 14.0. The number of aryl methyl sites for hydroxylation is 1. The molecular weight excluding hydrogens is 1210 g/mol. The van der Waals surface area contributed by atoms with E-state index in [4.69, 9.17) is 24.1 Å². The fraction of sp³-hybridized carbons (Fsp3) is 0.171. The van der Waals surface area contributed by atoms with Crippen LogP contribution in [0.5, 0.6) is 11.5 Å². The first-order valence-electron chi connectivity index (χ1n) is 29.1. The second-order valence-electron chi connectivity index (χ2n) is 23.5. The molecule has 414 valence electrons. The van der Waals surface area contributed by atoms with Gasteiger partial charge in [0.05, 0.1) is 44.8 Å². The monoisotopic (exact) mass is 1270 g/mol. The molecule has 4 heterocycles. The number of ether oxygens (including phenoxy) is 1. The molecule has 0 saturated carbocycles. The van der Waals surface area contributed by atoms with E-state index in [2.05, 4.69) is 259 Å². The van der Waals surface area contributed by atoms with E-state index in [1.165, 1.54) is 44.5 Å². The van der Waals surface area contributed by atoms with Gasteiger partial charge in [0.1, 0.15) is 5.58 Å². The molecule has 0 unspecified atom stereocenters. The minimum Gasteiger partial charge on any atom is -0.501 e. The molecule has 84 heavy (non-hydrogen) atoms. The number of benzene rings is 10. The average molecular weight is 1270 g/mol. The Bertz CT molecular complexity index is 4800. The number of nitrogens with zero attached hydrogens (tertiary/aromatic N) is 5. The number of furan rings is 1. The molecule has 7 nitrogen and oxygen atoms in total. The smallest absolute Gasteiger partial charge is 0.501 e. The van der Waals surface area contributed by atoms with Gasteiger partial charge in [-0.15, -0.1) is 23.8 Å². The van der Waals surface area contributed by atoms with Gasteiger partial charge in [-0.2, -0.15) is 0 Å². The van der Waals surface area contributed by atoms with Crippen LogP contribution in [0.15, 0.2) is 199 Å². The number of hydrogen-bond acceptors (Lipinski definition) is 5. The van der Waals surface area contributed by atoms with E-state index < -0.39 is 0 Å². The Morgan fingerprint density at radius 1 is 0.417 bits per heavy atom. The Morgan fingerprint density at radius 2 is 0.940 bits per heavy atom. The van der Waals surface area contributed by atoms with Gasteiger partial charge in [-0.3, -0.25) is 15.0 Å². The number of hydrogen-bond donors (Lipinski definition) is 0. The maximum absolute atomic E-state index is 7.17. The van der Waals surface area contributed by atoms with Crippen molar-refractivity contribution >= 4 is 65.7 Å². The van der Waals surface area contributed by atoms with Crippen LogP contribution >= 0.6 is 0 Å². The molecule has 0 bridgehead atoms. The Hall–Kier alpha value is -8.90. The zero-order valence-corrected chi connectivity index (χ0v) is 50.9. The maximum Gasteiger partial charge on any atom is 2.00 e. The van der Waals surface area contributed by atoms with Crippen LogP contribution in [-0.2, 0) is 21.1 Å². The van der Waals surface area contributed by atoms with Crippen LogP contribution < -0.4 is 4.74 Å². The van der Waals surface area contributed by atoms with Gasteiger partial charge in [0.2, 0.25) is 0 Å². The van der Waals surface area contributed by atoms with Crippen molar-refractivity contribution in [2.45, 2.75) is 86.0 Å². The van der Waals surface area contributed by atoms with Crippen molar-refractivity contribution in [3.05, 3.63) is 234 Å². The summed E-state index contributed by atoms with van der Waals surface area (Å²) in [4.78, 5) is 15.9. The Labute approximate surface area is 504 Å². The van der Waals surface area contributed by atoms with E-state index in [0.717, 1.165) is 88.6 Å². The van der Waals surface area contributed by atoms with E-state index >= 15 is 0 Å². The van der Waals surface area contributed by atoms with Gasteiger partial charge in [0, 0.05) is 39.3 Å². The van der Waals surface area contributed by atoms with E-state index in [0.29, 0.717) is 28.5 Å².